The molecular weight excluding hydrogens is 290 g/mol. The summed E-state index contributed by atoms with van der Waals surface area (Å²) >= 11 is 0. The number of rotatable bonds is 3. The average Bonchev–Trinajstić information content (AvgIpc) is 2.70. The zero-order valence-corrected chi connectivity index (χ0v) is 11.5. The molecule has 0 unspecified atom stereocenters. The lowest BCUT2D eigenvalue weighted by Crippen LogP contribution is -2.19. The van der Waals surface area contributed by atoms with Gasteiger partial charge in [-0.2, -0.15) is 8.42 Å². The van der Waals surface area contributed by atoms with E-state index in [1.807, 2.05) is 4.72 Å². The summed E-state index contributed by atoms with van der Waals surface area (Å²) in [6.07, 6.45) is 1.19. The first-order valence-corrected chi connectivity index (χ1v) is 6.96. The molecule has 0 fully saturated rings. The number of imidazole rings is 1. The van der Waals surface area contributed by atoms with Gasteiger partial charge in [-0.15, -0.1) is 0 Å². The van der Waals surface area contributed by atoms with E-state index in [4.69, 9.17) is 5.73 Å². The molecule has 2 rings (SSSR count). The Morgan fingerprint density at radius 1 is 1.35 bits per heavy atom. The maximum atomic E-state index is 13.8. The summed E-state index contributed by atoms with van der Waals surface area (Å²) in [6.45, 7) is 1.39. The topological polar surface area (TPSA) is 90.0 Å². The third-order valence-electron chi connectivity index (χ3n) is 2.68. The van der Waals surface area contributed by atoms with Crippen LogP contribution in [0.2, 0.25) is 0 Å². The molecule has 1 aromatic carbocycles. The zero-order valence-electron chi connectivity index (χ0n) is 10.7. The number of hydrogen-bond acceptors (Lipinski definition) is 4. The number of nitrogens with zero attached hydrogens (tertiary/aromatic N) is 2. The Labute approximate surface area is 114 Å². The predicted molar refractivity (Wildman–Crippen MR) is 69.5 cm³/mol. The number of nitrogen functional groups attached to an aromatic ring is 1. The molecule has 2 aromatic rings. The molecule has 0 aliphatic rings. The summed E-state index contributed by atoms with van der Waals surface area (Å²) in [5.74, 6) is -2.25. The molecule has 0 atom stereocenters. The lowest BCUT2D eigenvalue weighted by atomic mass is 10.2. The summed E-state index contributed by atoms with van der Waals surface area (Å²) in [7, 11) is -2.84. The van der Waals surface area contributed by atoms with Crippen molar-refractivity contribution in [1.29, 1.82) is 0 Å². The molecule has 20 heavy (non-hydrogen) atoms. The normalized spacial score (nSPS) is 11.6. The van der Waals surface area contributed by atoms with Crippen molar-refractivity contribution in [3.8, 4) is 0 Å². The summed E-state index contributed by atoms with van der Waals surface area (Å²) in [6, 6.07) is 2.18. The minimum Gasteiger partial charge on any atom is -0.381 e. The van der Waals surface area contributed by atoms with Crippen LogP contribution in [0.1, 0.15) is 5.56 Å². The van der Waals surface area contributed by atoms with Gasteiger partial charge in [0.2, 0.25) is 0 Å². The van der Waals surface area contributed by atoms with Crippen molar-refractivity contribution in [2.45, 2.75) is 11.9 Å². The fourth-order valence-corrected chi connectivity index (χ4v) is 3.00. The lowest BCUT2D eigenvalue weighted by Gasteiger charge is -2.11. The fraction of sp³-hybridized carbons (Fsp3) is 0.182. The fourth-order valence-electron chi connectivity index (χ4n) is 1.70. The van der Waals surface area contributed by atoms with Crippen LogP contribution >= 0.6 is 0 Å². The standard InChI is InChI=1S/C11H12F2N4O2S/c1-6-3-4-7(12)9(8(6)13)16-20(18,19)11-10(14)15-5-17(11)2/h3-5,16H,14H2,1-2H3. The van der Waals surface area contributed by atoms with Crippen LogP contribution in [-0.4, -0.2) is 18.0 Å². The highest BCUT2D eigenvalue weighted by Gasteiger charge is 2.25. The van der Waals surface area contributed by atoms with Gasteiger partial charge in [-0.05, 0) is 18.6 Å². The highest BCUT2D eigenvalue weighted by Crippen LogP contribution is 2.26. The summed E-state index contributed by atoms with van der Waals surface area (Å²) < 4.78 is 54.7. The first-order valence-electron chi connectivity index (χ1n) is 5.48. The minimum absolute atomic E-state index is 0.113. The maximum absolute atomic E-state index is 13.8. The van der Waals surface area contributed by atoms with Crippen LogP contribution in [0, 0.1) is 18.6 Å². The molecule has 0 amide bonds. The van der Waals surface area contributed by atoms with Gasteiger partial charge in [-0.25, -0.2) is 13.8 Å². The smallest absolute Gasteiger partial charge is 0.281 e. The molecule has 1 heterocycles. The zero-order chi connectivity index (χ0) is 15.1. The van der Waals surface area contributed by atoms with Crippen molar-refractivity contribution in [2.75, 3.05) is 10.5 Å². The highest BCUT2D eigenvalue weighted by atomic mass is 32.2. The molecule has 6 nitrogen and oxygen atoms in total. The highest BCUT2D eigenvalue weighted by molar-refractivity contribution is 7.92. The number of nitrogens with two attached hydrogens (primary N) is 1. The van der Waals surface area contributed by atoms with Crippen LogP contribution in [-0.2, 0) is 17.1 Å². The van der Waals surface area contributed by atoms with Gasteiger partial charge in [0.1, 0.15) is 11.5 Å². The Kier molecular flexibility index (Phi) is 3.38. The van der Waals surface area contributed by atoms with Crippen molar-refractivity contribution in [2.24, 2.45) is 7.05 Å². The van der Waals surface area contributed by atoms with Gasteiger partial charge in [0.15, 0.2) is 16.7 Å². The third-order valence-corrected chi connectivity index (χ3v) is 4.16. The van der Waals surface area contributed by atoms with Gasteiger partial charge in [0.05, 0.1) is 6.33 Å². The summed E-state index contributed by atoms with van der Waals surface area (Å²) in [4.78, 5) is 3.62. The molecule has 9 heteroatoms. The number of halogens is 2. The van der Waals surface area contributed by atoms with Gasteiger partial charge < -0.3 is 10.3 Å². The Bertz CT molecular complexity index is 751. The average molecular weight is 302 g/mol. The van der Waals surface area contributed by atoms with Crippen molar-refractivity contribution >= 4 is 21.5 Å². The molecule has 3 N–H and O–H groups in total. The van der Waals surface area contributed by atoms with Crippen LogP contribution in [0.3, 0.4) is 0 Å². The summed E-state index contributed by atoms with van der Waals surface area (Å²) in [5.41, 5.74) is 4.82. The number of hydrogen-bond donors (Lipinski definition) is 2. The van der Waals surface area contributed by atoms with E-state index in [9.17, 15) is 17.2 Å². The van der Waals surface area contributed by atoms with E-state index in [0.717, 1.165) is 10.6 Å². The predicted octanol–water partition coefficient (Wildman–Crippen LogP) is 1.39. The van der Waals surface area contributed by atoms with Gasteiger partial charge in [-0.3, -0.25) is 4.72 Å². The molecule has 0 spiro atoms. The second-order valence-electron chi connectivity index (χ2n) is 4.20. The first-order chi connectivity index (χ1) is 9.24. The third kappa shape index (κ3) is 2.31. The molecule has 0 radical (unpaired) electrons. The van der Waals surface area contributed by atoms with Gasteiger partial charge >= 0.3 is 0 Å². The van der Waals surface area contributed by atoms with E-state index in [1.165, 1.54) is 26.4 Å². The molecule has 0 aliphatic carbocycles. The van der Waals surface area contributed by atoms with Crippen molar-refractivity contribution in [3.63, 3.8) is 0 Å². The van der Waals surface area contributed by atoms with Crippen LogP contribution in [0.15, 0.2) is 23.5 Å². The van der Waals surface area contributed by atoms with E-state index in [0.29, 0.717) is 0 Å². The van der Waals surface area contributed by atoms with Crippen molar-refractivity contribution < 1.29 is 17.2 Å². The van der Waals surface area contributed by atoms with Crippen LogP contribution in [0.5, 0.6) is 0 Å². The van der Waals surface area contributed by atoms with Gasteiger partial charge in [0, 0.05) is 7.05 Å². The molecule has 0 saturated carbocycles. The lowest BCUT2D eigenvalue weighted by molar-refractivity contribution is 0.575. The molecule has 0 aliphatic heterocycles. The second kappa shape index (κ2) is 4.75. The first kappa shape index (κ1) is 14.3. The number of sulfonamides is 1. The monoisotopic (exact) mass is 302 g/mol. The maximum Gasteiger partial charge on any atom is 0.281 e. The van der Waals surface area contributed by atoms with Crippen LogP contribution in [0.25, 0.3) is 0 Å². The molecule has 0 bridgehead atoms. The second-order valence-corrected chi connectivity index (χ2v) is 5.80. The number of aryl methyl sites for hydroxylation is 2. The Morgan fingerprint density at radius 2 is 2.00 bits per heavy atom. The Morgan fingerprint density at radius 3 is 2.55 bits per heavy atom. The van der Waals surface area contributed by atoms with E-state index in [2.05, 4.69) is 4.98 Å². The van der Waals surface area contributed by atoms with Crippen molar-refractivity contribution in [3.05, 3.63) is 35.7 Å². The molecule has 0 saturated heterocycles. The summed E-state index contributed by atoms with van der Waals surface area (Å²) in [5, 5.41) is -0.363. The number of nitrogens with one attached hydrogen (secondary N) is 1. The van der Waals surface area contributed by atoms with E-state index >= 15 is 0 Å². The Balaban J connectivity index is 2.53. The number of anilines is 2. The van der Waals surface area contributed by atoms with Gasteiger partial charge in [-0.1, -0.05) is 6.07 Å². The van der Waals surface area contributed by atoms with E-state index in [1.54, 1.807) is 0 Å². The quantitative estimate of drug-likeness (QED) is 0.896. The minimum atomic E-state index is -4.25. The Hall–Kier alpha value is -2.16. The van der Waals surface area contributed by atoms with E-state index in [-0.39, 0.29) is 16.4 Å². The van der Waals surface area contributed by atoms with E-state index < -0.39 is 27.3 Å². The van der Waals surface area contributed by atoms with Gasteiger partial charge in [0.25, 0.3) is 10.0 Å². The molecule has 108 valence electrons. The largest absolute Gasteiger partial charge is 0.381 e. The number of benzene rings is 1. The SMILES string of the molecule is Cc1ccc(F)c(NS(=O)(=O)c2c(N)ncn2C)c1F. The molecule has 1 aromatic heterocycles. The van der Waals surface area contributed by atoms with Crippen LogP contribution in [0.4, 0.5) is 20.3 Å². The number of aromatic nitrogens is 2. The van der Waals surface area contributed by atoms with Crippen LogP contribution < -0.4 is 10.5 Å². The van der Waals surface area contributed by atoms with Crippen molar-refractivity contribution in [1.82, 2.24) is 9.55 Å². The molecular formula is C11H12F2N4O2S.